The van der Waals surface area contributed by atoms with Crippen LogP contribution in [0.25, 0.3) is 0 Å². The van der Waals surface area contributed by atoms with E-state index in [1.165, 1.54) is 27.9 Å². The van der Waals surface area contributed by atoms with Gasteiger partial charge < -0.3 is 28.7 Å². The highest BCUT2D eigenvalue weighted by Gasteiger charge is 1.61. The number of hydrogen-bond donors (Lipinski definition) is 6. The minimum atomic E-state index is -0.333. The van der Waals surface area contributed by atoms with Gasteiger partial charge in [0.25, 0.3) is 0 Å². The molecule has 0 fully saturated rings. The zero-order chi connectivity index (χ0) is 13.4. The van der Waals surface area contributed by atoms with Crippen molar-refractivity contribution in [3.05, 3.63) is 0 Å². The second-order valence-electron chi connectivity index (χ2n) is 1.94. The number of amidine groups is 1. The van der Waals surface area contributed by atoms with Gasteiger partial charge in [-0.05, 0) is 14.0 Å². The molecular weight excluding hydrogens is 198 g/mol. The van der Waals surface area contributed by atoms with Crippen LogP contribution in [0.3, 0.4) is 0 Å². The molecule has 0 aliphatic heterocycles. The fraction of sp³-hybridized carbons (Fsp3) is 0.571. The second-order valence-corrected chi connectivity index (χ2v) is 1.94. The molecule has 0 aromatic rings. The van der Waals surface area contributed by atoms with Crippen LogP contribution in [-0.4, -0.2) is 31.8 Å². The first-order valence-electron chi connectivity index (χ1n) is 3.86. The fourth-order valence-electron chi connectivity index (χ4n) is 0. The molecule has 0 unspecified atom stereocenters. The quantitative estimate of drug-likeness (QED) is 0.202. The van der Waals surface area contributed by atoms with E-state index in [1.54, 1.807) is 0 Å². The van der Waals surface area contributed by atoms with Crippen molar-refractivity contribution in [1.82, 2.24) is 0 Å². The van der Waals surface area contributed by atoms with Crippen LogP contribution in [0.2, 0.25) is 0 Å². The molecule has 0 spiro atoms. The van der Waals surface area contributed by atoms with Gasteiger partial charge in [0.15, 0.2) is 5.96 Å². The van der Waals surface area contributed by atoms with Crippen molar-refractivity contribution in [2.45, 2.75) is 13.8 Å². The third-order valence-corrected chi connectivity index (χ3v) is 0.258. The average Bonchev–Trinajstić information content (AvgIpc) is 2.06. The van der Waals surface area contributed by atoms with Gasteiger partial charge in [-0.3, -0.25) is 15.2 Å². The van der Waals surface area contributed by atoms with Crippen molar-refractivity contribution in [3.8, 4) is 0 Å². The van der Waals surface area contributed by atoms with Crippen molar-refractivity contribution < 1.29 is 4.79 Å². The largest absolute Gasteiger partial charge is 0.388 e. The van der Waals surface area contributed by atoms with Gasteiger partial charge in [-0.2, -0.15) is 0 Å². The lowest BCUT2D eigenvalue weighted by Gasteiger charge is -1.77. The first-order chi connectivity index (χ1) is 6.73. The van der Waals surface area contributed by atoms with Crippen molar-refractivity contribution in [3.63, 3.8) is 0 Å². The van der Waals surface area contributed by atoms with Crippen molar-refractivity contribution in [2.75, 3.05) is 14.1 Å². The number of nitrogens with one attached hydrogen (secondary N) is 1. The lowest BCUT2D eigenvalue weighted by atomic mass is 10.8. The Morgan fingerprint density at radius 1 is 1.07 bits per heavy atom. The Balaban J connectivity index is -0.0000000562. The van der Waals surface area contributed by atoms with Crippen LogP contribution in [0.5, 0.6) is 0 Å². The number of nitrogens with zero attached hydrogens (tertiary/aromatic N) is 1. The minimum absolute atomic E-state index is 0.130. The van der Waals surface area contributed by atoms with E-state index < -0.39 is 0 Å². The van der Waals surface area contributed by atoms with Crippen molar-refractivity contribution in [2.24, 2.45) is 33.7 Å². The van der Waals surface area contributed by atoms with Crippen LogP contribution in [0.15, 0.2) is 4.99 Å². The van der Waals surface area contributed by atoms with Crippen LogP contribution in [0.4, 0.5) is 0 Å². The maximum atomic E-state index is 9.22. The highest BCUT2D eigenvalue weighted by atomic mass is 16.1. The Labute approximate surface area is 90.4 Å². The summed E-state index contributed by atoms with van der Waals surface area (Å²) in [5.41, 5.74) is 23.3. The summed E-state index contributed by atoms with van der Waals surface area (Å²) in [4.78, 5) is 12.6. The summed E-state index contributed by atoms with van der Waals surface area (Å²) in [7, 11) is 3.04. The van der Waals surface area contributed by atoms with E-state index in [1.807, 2.05) is 0 Å². The lowest BCUT2D eigenvalue weighted by Crippen LogP contribution is -2.21. The third kappa shape index (κ3) is 43600. The van der Waals surface area contributed by atoms with E-state index >= 15 is 0 Å². The third-order valence-electron chi connectivity index (χ3n) is 0.258. The Hall–Kier alpha value is -1.83. The Kier molecular flexibility index (Phi) is 35.2. The topological polar surface area (TPSA) is 183 Å². The zero-order valence-corrected chi connectivity index (χ0v) is 9.74. The predicted molar refractivity (Wildman–Crippen MR) is 64.3 cm³/mol. The average molecular weight is 221 g/mol. The molecule has 8 heteroatoms. The van der Waals surface area contributed by atoms with Gasteiger partial charge in [-0.25, -0.2) is 0 Å². The maximum Gasteiger partial charge on any atom is 0.214 e. The molecule has 11 N–H and O–H groups in total. The Bertz CT molecular complexity index is 154. The van der Waals surface area contributed by atoms with Crippen LogP contribution in [0.1, 0.15) is 13.8 Å². The van der Waals surface area contributed by atoms with Crippen LogP contribution >= 0.6 is 0 Å². The van der Waals surface area contributed by atoms with Gasteiger partial charge in [0, 0.05) is 14.0 Å². The number of carbonyl (C=O) groups excluding carboxylic acids is 1. The number of aliphatic imine (C=N–C) groups is 1. The molecule has 0 aromatic heterocycles. The minimum Gasteiger partial charge on any atom is -0.388 e. The lowest BCUT2D eigenvalue weighted by molar-refractivity contribution is -0.115. The first-order valence-corrected chi connectivity index (χ1v) is 3.86. The molecule has 0 radical (unpaired) electrons. The molecule has 0 aromatic carbocycles. The smallest absolute Gasteiger partial charge is 0.214 e. The zero-order valence-electron chi connectivity index (χ0n) is 9.74. The summed E-state index contributed by atoms with van der Waals surface area (Å²) in [6.45, 7) is 2.83. The Morgan fingerprint density at radius 2 is 1.13 bits per heavy atom. The molecule has 15 heavy (non-hydrogen) atoms. The molecule has 0 aliphatic carbocycles. The molecule has 0 saturated heterocycles. The molecule has 0 saturated carbocycles. The van der Waals surface area contributed by atoms with Gasteiger partial charge in [0.2, 0.25) is 5.91 Å². The molecule has 0 aliphatic rings. The van der Waals surface area contributed by atoms with E-state index in [9.17, 15) is 4.79 Å². The molecule has 0 heterocycles. The highest BCUT2D eigenvalue weighted by molar-refractivity contribution is 5.75. The predicted octanol–water partition coefficient (Wildman–Crippen LogP) is -2.10. The van der Waals surface area contributed by atoms with Gasteiger partial charge >= 0.3 is 0 Å². The van der Waals surface area contributed by atoms with Crippen LogP contribution in [-0.2, 0) is 4.79 Å². The van der Waals surface area contributed by atoms with Gasteiger partial charge in [0.1, 0.15) is 0 Å². The summed E-state index contributed by atoms with van der Waals surface area (Å²) in [5, 5.41) is 6.28. The van der Waals surface area contributed by atoms with Gasteiger partial charge in [-0.1, -0.05) is 0 Å². The summed E-state index contributed by atoms with van der Waals surface area (Å²) in [6.07, 6.45) is 0. The summed E-state index contributed by atoms with van der Waals surface area (Å²) in [5.74, 6) is -0.0370. The first kappa shape index (κ1) is 23.2. The molecule has 92 valence electrons. The molecular formula is C7H23N7O. The van der Waals surface area contributed by atoms with Crippen LogP contribution in [0, 0.1) is 5.41 Å². The summed E-state index contributed by atoms with van der Waals surface area (Å²) < 4.78 is 0. The van der Waals surface area contributed by atoms with E-state index in [0.29, 0.717) is 0 Å². The van der Waals surface area contributed by atoms with Gasteiger partial charge in [0.05, 0.1) is 5.84 Å². The number of rotatable bonds is 0. The monoisotopic (exact) mass is 221 g/mol. The number of guanidine groups is 1. The van der Waals surface area contributed by atoms with E-state index in [-0.39, 0.29) is 17.7 Å². The standard InChI is InChI=1S/C2H7N3.C2H6N2.C2H5NO.CH5N/c1-5-2(3)4;2*1-2(3)4;1-2/h1H3,(H4,3,4,5);1H3,(H3,3,4);1H3,(H2,3,4);2H2,1H3. The molecule has 0 atom stereocenters. The normalized spacial score (nSPS) is 5.93. The molecule has 1 amide bonds. The molecule has 0 bridgehead atoms. The maximum absolute atomic E-state index is 9.22. The number of carbonyl (C=O) groups is 1. The number of nitrogens with two attached hydrogens (primary N) is 5. The molecule has 0 rings (SSSR count). The van der Waals surface area contributed by atoms with Crippen molar-refractivity contribution in [1.29, 1.82) is 5.41 Å². The second kappa shape index (κ2) is 22.7. The number of hydrogen-bond acceptors (Lipinski definition) is 4. The highest BCUT2D eigenvalue weighted by Crippen LogP contribution is 1.40. The SMILES string of the molecule is CC(=N)N.CC(N)=O.CN.CN=C(N)N. The van der Waals surface area contributed by atoms with E-state index in [4.69, 9.17) is 22.6 Å². The Morgan fingerprint density at radius 3 is 1.13 bits per heavy atom. The summed E-state index contributed by atoms with van der Waals surface area (Å²) >= 11 is 0. The fourth-order valence-corrected chi connectivity index (χ4v) is 0. The van der Waals surface area contributed by atoms with E-state index in [0.717, 1.165) is 0 Å². The molecule has 8 nitrogen and oxygen atoms in total. The van der Waals surface area contributed by atoms with Crippen LogP contribution < -0.4 is 28.7 Å². The van der Waals surface area contributed by atoms with Gasteiger partial charge in [-0.15, -0.1) is 0 Å². The van der Waals surface area contributed by atoms with E-state index in [2.05, 4.69) is 16.5 Å². The number of primary amides is 1. The summed E-state index contributed by atoms with van der Waals surface area (Å²) in [6, 6.07) is 0. The number of amides is 1. The van der Waals surface area contributed by atoms with Crippen molar-refractivity contribution >= 4 is 17.7 Å².